The molecule has 0 aromatic rings. The van der Waals surface area contributed by atoms with Crippen LogP contribution in [-0.4, -0.2) is 24.7 Å². The summed E-state index contributed by atoms with van der Waals surface area (Å²) in [6.07, 6.45) is -5.60. The van der Waals surface area contributed by atoms with Gasteiger partial charge in [-0.1, -0.05) is 6.58 Å². The second-order valence-corrected chi connectivity index (χ2v) is 2.53. The molecule has 0 fully saturated rings. The molecule has 0 saturated carbocycles. The number of hydrogen-bond acceptors (Lipinski definition) is 2. The number of carbonyl (C=O) groups is 1. The average molecular weight is 218 g/mol. The van der Waals surface area contributed by atoms with E-state index in [2.05, 4.69) is 11.3 Å². The molecule has 0 bridgehead atoms. The van der Waals surface area contributed by atoms with E-state index in [9.17, 15) is 26.7 Å². The molecule has 0 aliphatic rings. The molecule has 0 saturated heterocycles. The van der Waals surface area contributed by atoms with Crippen molar-refractivity contribution in [2.24, 2.45) is 0 Å². The molecule has 14 heavy (non-hydrogen) atoms. The number of rotatable bonds is 3. The molecule has 0 amide bonds. The Morgan fingerprint density at radius 3 is 2.00 bits per heavy atom. The summed E-state index contributed by atoms with van der Waals surface area (Å²) in [4.78, 5) is 10.5. The van der Waals surface area contributed by atoms with Gasteiger partial charge in [-0.25, -0.2) is 9.18 Å². The van der Waals surface area contributed by atoms with E-state index in [1.807, 2.05) is 0 Å². The summed E-state index contributed by atoms with van der Waals surface area (Å²) >= 11 is 0. The van der Waals surface area contributed by atoms with Gasteiger partial charge in [-0.2, -0.15) is 17.6 Å². The number of hydrogen-bond donors (Lipinski definition) is 0. The largest absolute Gasteiger partial charge is 0.463 e. The van der Waals surface area contributed by atoms with Crippen molar-refractivity contribution in [1.82, 2.24) is 0 Å². The normalized spacial score (nSPS) is 15.9. The van der Waals surface area contributed by atoms with Crippen molar-refractivity contribution >= 4 is 5.97 Å². The van der Waals surface area contributed by atoms with Crippen molar-refractivity contribution in [2.45, 2.75) is 19.0 Å². The van der Waals surface area contributed by atoms with Gasteiger partial charge in [0.15, 0.2) is 6.67 Å². The quantitative estimate of drug-likeness (QED) is 0.412. The number of alkyl halides is 5. The zero-order chi connectivity index (χ0) is 11.6. The molecular weight excluding hydrogens is 211 g/mol. The minimum atomic E-state index is -5.60. The molecule has 0 aliphatic carbocycles. The molecule has 2 nitrogen and oxygen atoms in total. The Bertz CT molecular complexity index is 247. The predicted molar refractivity (Wildman–Crippen MR) is 36.8 cm³/mol. The fourth-order valence-electron chi connectivity index (χ4n) is 0.395. The minimum Gasteiger partial charge on any atom is -0.414 e. The Morgan fingerprint density at radius 1 is 1.36 bits per heavy atom. The summed E-state index contributed by atoms with van der Waals surface area (Å²) in [7, 11) is 0. The molecule has 0 aromatic heterocycles. The van der Waals surface area contributed by atoms with E-state index in [0.29, 0.717) is 0 Å². The third kappa shape index (κ3) is 2.68. The van der Waals surface area contributed by atoms with Crippen molar-refractivity contribution in [2.75, 3.05) is 6.67 Å². The maximum Gasteiger partial charge on any atom is 0.463 e. The molecule has 7 heteroatoms. The molecule has 0 N–H and O–H groups in total. The number of carbonyl (C=O) groups excluding carboxylic acids is 1. The van der Waals surface area contributed by atoms with Crippen molar-refractivity contribution < 1.29 is 31.5 Å². The van der Waals surface area contributed by atoms with E-state index < -0.39 is 30.2 Å². The van der Waals surface area contributed by atoms with Crippen LogP contribution in [0, 0.1) is 0 Å². The van der Waals surface area contributed by atoms with Crippen LogP contribution in [0.25, 0.3) is 0 Å². The maximum atomic E-state index is 12.7. The van der Waals surface area contributed by atoms with Gasteiger partial charge in [-0.3, -0.25) is 0 Å². The first-order chi connectivity index (χ1) is 6.14. The van der Waals surface area contributed by atoms with E-state index in [-0.39, 0.29) is 0 Å². The highest BCUT2D eigenvalue weighted by atomic mass is 19.4. The summed E-state index contributed by atoms with van der Waals surface area (Å²) in [5.74, 6) is -6.23. The van der Waals surface area contributed by atoms with Crippen LogP contribution in [0.5, 0.6) is 0 Å². The van der Waals surface area contributed by atoms with Crippen LogP contribution in [0.3, 0.4) is 0 Å². The third-order valence-electron chi connectivity index (χ3n) is 1.20. The van der Waals surface area contributed by atoms with Gasteiger partial charge in [0, 0.05) is 5.57 Å². The van der Waals surface area contributed by atoms with Gasteiger partial charge in [0.25, 0.3) is 0 Å². The summed E-state index contributed by atoms with van der Waals surface area (Å²) in [5, 5.41) is 0. The fraction of sp³-hybridized carbons (Fsp3) is 0.571. The van der Waals surface area contributed by atoms with Crippen LogP contribution in [0.1, 0.15) is 6.92 Å². The standard InChI is InChI=1S/C7H7F5O2/c1-4(2)5(13)14-6(9,3-8)7(10,11)12/h1,3H2,2H3. The Balaban J connectivity index is 4.74. The molecule has 1 unspecified atom stereocenters. The number of ether oxygens (including phenoxy) is 1. The first-order valence-electron chi connectivity index (χ1n) is 3.34. The van der Waals surface area contributed by atoms with Gasteiger partial charge in [-0.05, 0) is 6.92 Å². The summed E-state index contributed by atoms with van der Waals surface area (Å²) < 4.78 is 63.1. The first-order valence-corrected chi connectivity index (χ1v) is 3.34. The SMILES string of the molecule is C=C(C)C(=O)OC(F)(CF)C(F)(F)F. The Hall–Kier alpha value is -1.14. The van der Waals surface area contributed by atoms with Crippen LogP contribution < -0.4 is 0 Å². The topological polar surface area (TPSA) is 26.3 Å². The van der Waals surface area contributed by atoms with Gasteiger partial charge < -0.3 is 4.74 Å². The Kier molecular flexibility index (Phi) is 3.61. The number of halogens is 5. The second-order valence-electron chi connectivity index (χ2n) is 2.53. The Labute approximate surface area is 76.3 Å². The summed E-state index contributed by atoms with van der Waals surface area (Å²) in [6.45, 7) is 1.45. The highest BCUT2D eigenvalue weighted by molar-refractivity contribution is 5.87. The van der Waals surface area contributed by atoms with Gasteiger partial charge in [0.05, 0.1) is 0 Å². The van der Waals surface area contributed by atoms with Crippen LogP contribution in [-0.2, 0) is 9.53 Å². The van der Waals surface area contributed by atoms with E-state index in [1.54, 1.807) is 0 Å². The second kappa shape index (κ2) is 3.93. The molecule has 0 aliphatic heterocycles. The van der Waals surface area contributed by atoms with Gasteiger partial charge in [0.1, 0.15) is 0 Å². The predicted octanol–water partition coefficient (Wildman–Crippen LogP) is 2.30. The van der Waals surface area contributed by atoms with Crippen molar-refractivity contribution in [3.8, 4) is 0 Å². The number of esters is 1. The molecule has 0 heterocycles. The van der Waals surface area contributed by atoms with E-state index in [1.165, 1.54) is 0 Å². The van der Waals surface area contributed by atoms with Gasteiger partial charge in [0.2, 0.25) is 0 Å². The van der Waals surface area contributed by atoms with E-state index >= 15 is 0 Å². The molecule has 1 atom stereocenters. The van der Waals surface area contributed by atoms with Crippen LogP contribution in [0.4, 0.5) is 22.0 Å². The maximum absolute atomic E-state index is 12.7. The van der Waals surface area contributed by atoms with Crippen LogP contribution in [0.15, 0.2) is 12.2 Å². The lowest BCUT2D eigenvalue weighted by molar-refractivity contribution is -0.322. The molecule has 82 valence electrons. The molecule has 0 spiro atoms. The summed E-state index contributed by atoms with van der Waals surface area (Å²) in [5.41, 5.74) is -0.454. The van der Waals surface area contributed by atoms with Crippen LogP contribution in [0.2, 0.25) is 0 Å². The van der Waals surface area contributed by atoms with Crippen LogP contribution >= 0.6 is 0 Å². The molecular formula is C7H7F5O2. The zero-order valence-corrected chi connectivity index (χ0v) is 7.12. The molecule has 0 radical (unpaired) electrons. The third-order valence-corrected chi connectivity index (χ3v) is 1.20. The van der Waals surface area contributed by atoms with Crippen molar-refractivity contribution in [3.63, 3.8) is 0 Å². The highest BCUT2D eigenvalue weighted by Gasteiger charge is 2.60. The smallest absolute Gasteiger partial charge is 0.414 e. The average Bonchev–Trinajstić information content (AvgIpc) is 2.01. The first kappa shape index (κ1) is 12.9. The van der Waals surface area contributed by atoms with Crippen molar-refractivity contribution in [1.29, 1.82) is 0 Å². The lowest BCUT2D eigenvalue weighted by atomic mass is 10.3. The molecule has 0 aromatic carbocycles. The lowest BCUT2D eigenvalue weighted by Gasteiger charge is -2.24. The zero-order valence-electron chi connectivity index (χ0n) is 7.12. The van der Waals surface area contributed by atoms with Crippen molar-refractivity contribution in [3.05, 3.63) is 12.2 Å². The van der Waals surface area contributed by atoms with Gasteiger partial charge in [-0.15, -0.1) is 0 Å². The highest BCUT2D eigenvalue weighted by Crippen LogP contribution is 2.35. The minimum absolute atomic E-state index is 0.454. The monoisotopic (exact) mass is 218 g/mol. The fourth-order valence-corrected chi connectivity index (χ4v) is 0.395. The Morgan fingerprint density at radius 2 is 1.79 bits per heavy atom. The lowest BCUT2D eigenvalue weighted by Crippen LogP contribution is -2.47. The van der Waals surface area contributed by atoms with E-state index in [0.717, 1.165) is 6.92 Å². The molecule has 0 rings (SSSR count). The van der Waals surface area contributed by atoms with E-state index in [4.69, 9.17) is 0 Å². The van der Waals surface area contributed by atoms with Gasteiger partial charge >= 0.3 is 18.0 Å². The summed E-state index contributed by atoms with van der Waals surface area (Å²) in [6, 6.07) is 0.